The molecule has 0 radical (unpaired) electrons. The van der Waals surface area contributed by atoms with Crippen LogP contribution in [0.1, 0.15) is 24.0 Å². The highest BCUT2D eigenvalue weighted by Gasteiger charge is 2.33. The normalized spacial score (nSPS) is 17.8. The number of nitrogens with zero attached hydrogens (tertiary/aromatic N) is 1. The fraction of sp³-hybridized carbons (Fsp3) is 0.350. The maximum Gasteiger partial charge on any atom is 0.243 e. The van der Waals surface area contributed by atoms with E-state index in [1.54, 1.807) is 6.92 Å². The van der Waals surface area contributed by atoms with E-state index in [1.807, 2.05) is 30.3 Å². The first kappa shape index (κ1) is 19.5. The van der Waals surface area contributed by atoms with E-state index in [1.165, 1.54) is 16.4 Å². The van der Waals surface area contributed by atoms with Crippen molar-refractivity contribution in [3.63, 3.8) is 0 Å². The second kappa shape index (κ2) is 8.19. The first-order valence-electron chi connectivity index (χ1n) is 8.93. The Balaban J connectivity index is 1.56. The van der Waals surface area contributed by atoms with Crippen molar-refractivity contribution in [3.05, 3.63) is 65.5 Å². The van der Waals surface area contributed by atoms with Crippen LogP contribution >= 0.6 is 0 Å². The monoisotopic (exact) mass is 390 g/mol. The molecule has 144 valence electrons. The van der Waals surface area contributed by atoms with E-state index in [-0.39, 0.29) is 29.7 Å². The van der Waals surface area contributed by atoms with Crippen molar-refractivity contribution in [2.24, 2.45) is 5.92 Å². The summed E-state index contributed by atoms with van der Waals surface area (Å²) in [6, 6.07) is 13.6. The van der Waals surface area contributed by atoms with E-state index in [4.69, 9.17) is 0 Å². The van der Waals surface area contributed by atoms with Crippen LogP contribution in [0.4, 0.5) is 4.39 Å². The second-order valence-corrected chi connectivity index (χ2v) is 8.83. The molecule has 1 amide bonds. The molecule has 2 aromatic carbocycles. The topological polar surface area (TPSA) is 66.5 Å². The maximum atomic E-state index is 13.7. The van der Waals surface area contributed by atoms with Crippen molar-refractivity contribution in [1.29, 1.82) is 0 Å². The smallest absolute Gasteiger partial charge is 0.243 e. The van der Waals surface area contributed by atoms with Crippen molar-refractivity contribution in [3.8, 4) is 0 Å². The van der Waals surface area contributed by atoms with Gasteiger partial charge in [0.2, 0.25) is 15.9 Å². The molecule has 1 N–H and O–H groups in total. The highest BCUT2D eigenvalue weighted by molar-refractivity contribution is 7.89. The molecule has 1 unspecified atom stereocenters. The van der Waals surface area contributed by atoms with Crippen LogP contribution in [0, 0.1) is 18.7 Å². The van der Waals surface area contributed by atoms with Gasteiger partial charge in [-0.15, -0.1) is 0 Å². The second-order valence-electron chi connectivity index (χ2n) is 6.90. The van der Waals surface area contributed by atoms with E-state index >= 15 is 0 Å². The van der Waals surface area contributed by atoms with E-state index in [2.05, 4.69) is 5.32 Å². The van der Waals surface area contributed by atoms with Crippen LogP contribution < -0.4 is 5.32 Å². The summed E-state index contributed by atoms with van der Waals surface area (Å²) in [6.07, 6.45) is 0.896. The number of carbonyl (C=O) groups excluding carboxylic acids is 1. The van der Waals surface area contributed by atoms with Crippen LogP contribution in [-0.4, -0.2) is 31.7 Å². The zero-order valence-corrected chi connectivity index (χ0v) is 16.0. The minimum atomic E-state index is -3.74. The Morgan fingerprint density at radius 1 is 1.22 bits per heavy atom. The van der Waals surface area contributed by atoms with Crippen molar-refractivity contribution in [2.75, 3.05) is 13.1 Å². The van der Waals surface area contributed by atoms with Gasteiger partial charge in [0.15, 0.2) is 0 Å². The van der Waals surface area contributed by atoms with Crippen molar-refractivity contribution in [1.82, 2.24) is 9.62 Å². The van der Waals surface area contributed by atoms with Crippen molar-refractivity contribution in [2.45, 2.75) is 31.2 Å². The molecule has 0 aromatic heterocycles. The Kier molecular flexibility index (Phi) is 5.92. The van der Waals surface area contributed by atoms with Gasteiger partial charge < -0.3 is 5.32 Å². The molecule has 1 aliphatic heterocycles. The molecule has 27 heavy (non-hydrogen) atoms. The molecule has 1 fully saturated rings. The number of nitrogens with one attached hydrogen (secondary N) is 1. The standard InChI is InChI=1S/C20H23FN2O3S/c1-15-7-8-18(12-19(15)21)27(25,26)23-10-9-17(14-23)11-20(24)22-13-16-5-3-2-4-6-16/h2-8,12,17H,9-11,13-14H2,1H3,(H,22,24). The van der Waals surface area contributed by atoms with Crippen LogP contribution in [0.5, 0.6) is 0 Å². The van der Waals surface area contributed by atoms with Gasteiger partial charge in [-0.25, -0.2) is 12.8 Å². The van der Waals surface area contributed by atoms with Gasteiger partial charge in [-0.1, -0.05) is 36.4 Å². The van der Waals surface area contributed by atoms with Crippen LogP contribution in [0.15, 0.2) is 53.4 Å². The maximum absolute atomic E-state index is 13.7. The molecule has 1 aliphatic rings. The number of carbonyl (C=O) groups is 1. The Morgan fingerprint density at radius 3 is 2.67 bits per heavy atom. The lowest BCUT2D eigenvalue weighted by Crippen LogP contribution is -2.30. The van der Waals surface area contributed by atoms with Crippen molar-refractivity contribution >= 4 is 15.9 Å². The zero-order chi connectivity index (χ0) is 19.4. The SMILES string of the molecule is Cc1ccc(S(=O)(=O)N2CCC(CC(=O)NCc3ccccc3)C2)cc1F. The first-order valence-corrected chi connectivity index (χ1v) is 10.4. The van der Waals surface area contributed by atoms with E-state index in [9.17, 15) is 17.6 Å². The van der Waals surface area contributed by atoms with Crippen LogP contribution in [0.2, 0.25) is 0 Å². The van der Waals surface area contributed by atoms with Gasteiger partial charge in [-0.05, 0) is 42.5 Å². The third kappa shape index (κ3) is 4.73. The molecule has 0 aliphatic carbocycles. The van der Waals surface area contributed by atoms with Gasteiger partial charge in [0.05, 0.1) is 4.90 Å². The van der Waals surface area contributed by atoms with Crippen LogP contribution in [-0.2, 0) is 21.4 Å². The van der Waals surface area contributed by atoms with Gasteiger partial charge >= 0.3 is 0 Å². The average molecular weight is 390 g/mol. The van der Waals surface area contributed by atoms with E-state index in [0.29, 0.717) is 25.1 Å². The number of benzene rings is 2. The molecule has 5 nitrogen and oxygen atoms in total. The molecule has 3 rings (SSSR count). The average Bonchev–Trinajstić information content (AvgIpc) is 3.12. The molecule has 0 bridgehead atoms. The number of rotatable bonds is 6. The molecule has 7 heteroatoms. The highest BCUT2D eigenvalue weighted by Crippen LogP contribution is 2.27. The van der Waals surface area contributed by atoms with Gasteiger partial charge in [0, 0.05) is 26.1 Å². The van der Waals surface area contributed by atoms with Crippen LogP contribution in [0.3, 0.4) is 0 Å². The number of halogens is 1. The van der Waals surface area contributed by atoms with Crippen LogP contribution in [0.25, 0.3) is 0 Å². The number of hydrogen-bond donors (Lipinski definition) is 1. The number of aryl methyl sites for hydroxylation is 1. The Bertz CT molecular complexity index is 916. The van der Waals surface area contributed by atoms with E-state index < -0.39 is 15.8 Å². The molecular weight excluding hydrogens is 367 g/mol. The lowest BCUT2D eigenvalue weighted by atomic mass is 10.0. The molecule has 0 spiro atoms. The highest BCUT2D eigenvalue weighted by atomic mass is 32.2. The third-order valence-electron chi connectivity index (χ3n) is 4.84. The Labute approximate surface area is 159 Å². The van der Waals surface area contributed by atoms with E-state index in [0.717, 1.165) is 11.6 Å². The summed E-state index contributed by atoms with van der Waals surface area (Å²) in [5, 5.41) is 2.87. The first-order chi connectivity index (χ1) is 12.9. The lowest BCUT2D eigenvalue weighted by molar-refractivity contribution is -0.122. The Hall–Kier alpha value is -2.25. The predicted octanol–water partition coefficient (Wildman–Crippen LogP) is 2.85. The van der Waals surface area contributed by atoms with Crippen molar-refractivity contribution < 1.29 is 17.6 Å². The predicted molar refractivity (Wildman–Crippen MR) is 101 cm³/mol. The summed E-state index contributed by atoms with van der Waals surface area (Å²) in [7, 11) is -3.74. The molecule has 1 saturated heterocycles. The van der Waals surface area contributed by atoms with Gasteiger partial charge in [-0.2, -0.15) is 4.31 Å². The van der Waals surface area contributed by atoms with Gasteiger partial charge in [0.1, 0.15) is 5.82 Å². The summed E-state index contributed by atoms with van der Waals surface area (Å²) < 4.78 is 40.5. The summed E-state index contributed by atoms with van der Waals surface area (Å²) >= 11 is 0. The van der Waals surface area contributed by atoms with Gasteiger partial charge in [-0.3, -0.25) is 4.79 Å². The molecule has 1 atom stereocenters. The summed E-state index contributed by atoms with van der Waals surface area (Å²) in [4.78, 5) is 12.1. The summed E-state index contributed by atoms with van der Waals surface area (Å²) in [5.41, 5.74) is 1.42. The molecular formula is C20H23FN2O3S. The summed E-state index contributed by atoms with van der Waals surface area (Å²) in [5.74, 6) is -0.664. The fourth-order valence-corrected chi connectivity index (χ4v) is 4.74. The number of amides is 1. The molecule has 1 heterocycles. The zero-order valence-electron chi connectivity index (χ0n) is 15.2. The minimum absolute atomic E-state index is 0.0363. The largest absolute Gasteiger partial charge is 0.352 e. The molecule has 2 aromatic rings. The Morgan fingerprint density at radius 2 is 1.96 bits per heavy atom. The third-order valence-corrected chi connectivity index (χ3v) is 6.70. The number of hydrogen-bond acceptors (Lipinski definition) is 3. The quantitative estimate of drug-likeness (QED) is 0.825. The molecule has 0 saturated carbocycles. The fourth-order valence-electron chi connectivity index (χ4n) is 3.20. The van der Waals surface area contributed by atoms with Gasteiger partial charge in [0.25, 0.3) is 0 Å². The number of sulfonamides is 1. The minimum Gasteiger partial charge on any atom is -0.352 e. The summed E-state index contributed by atoms with van der Waals surface area (Å²) in [6.45, 7) is 2.66. The lowest BCUT2D eigenvalue weighted by Gasteiger charge is -2.17.